The molecule has 2 saturated carbocycles. The number of hydrogen-bond acceptors (Lipinski definition) is 3. The summed E-state index contributed by atoms with van der Waals surface area (Å²) in [5.74, 6) is -1.97. The highest BCUT2D eigenvalue weighted by molar-refractivity contribution is 6.31. The standard InChI is InChI=1S/C22H20ClFN2O4/c23-15-4-3-12-9-22(5-6-22)25-20(28)14-10-26(16(21(29)30)7-11-1-2-11)17(27)8-13(14)18(12)19(15)24/h3-4,8,10-11,16H,1-2,5-7,9H2,(H,25,28)(H,29,30). The Morgan fingerprint density at radius 1 is 1.30 bits per heavy atom. The van der Waals surface area contributed by atoms with Gasteiger partial charge in [0.15, 0.2) is 0 Å². The predicted octanol–water partition coefficient (Wildman–Crippen LogP) is 3.55. The highest BCUT2D eigenvalue weighted by Gasteiger charge is 2.46. The Labute approximate surface area is 176 Å². The highest BCUT2D eigenvalue weighted by Crippen LogP contribution is 2.44. The summed E-state index contributed by atoms with van der Waals surface area (Å²) in [6.07, 6.45) is 5.47. The summed E-state index contributed by atoms with van der Waals surface area (Å²) in [7, 11) is 0. The van der Waals surface area contributed by atoms with Gasteiger partial charge in [-0.25, -0.2) is 9.18 Å². The molecule has 2 aliphatic carbocycles. The van der Waals surface area contributed by atoms with E-state index in [1.165, 1.54) is 18.3 Å². The van der Waals surface area contributed by atoms with Crippen molar-refractivity contribution < 1.29 is 19.1 Å². The number of hydrogen-bond donors (Lipinski definition) is 2. The molecular weight excluding hydrogens is 411 g/mol. The van der Waals surface area contributed by atoms with Crippen LogP contribution in [-0.2, 0) is 11.2 Å². The molecule has 6 nitrogen and oxygen atoms in total. The monoisotopic (exact) mass is 430 g/mol. The number of amides is 1. The fraction of sp³-hybridized carbons (Fsp3) is 0.409. The molecule has 1 atom stereocenters. The van der Waals surface area contributed by atoms with E-state index in [1.807, 2.05) is 0 Å². The number of rotatable bonds is 4. The van der Waals surface area contributed by atoms with Crippen LogP contribution in [0.25, 0.3) is 11.1 Å². The molecule has 30 heavy (non-hydrogen) atoms. The Hall–Kier alpha value is -2.67. The van der Waals surface area contributed by atoms with Gasteiger partial charge >= 0.3 is 5.97 Å². The average Bonchev–Trinajstić information content (AvgIpc) is 3.60. The molecule has 2 N–H and O–H groups in total. The van der Waals surface area contributed by atoms with Gasteiger partial charge in [0.1, 0.15) is 11.9 Å². The molecule has 0 bridgehead atoms. The van der Waals surface area contributed by atoms with Crippen LogP contribution in [-0.4, -0.2) is 27.1 Å². The van der Waals surface area contributed by atoms with Crippen molar-refractivity contribution in [3.8, 4) is 11.1 Å². The molecular formula is C22H20ClFN2O4. The van der Waals surface area contributed by atoms with Crippen LogP contribution in [0.1, 0.15) is 54.1 Å². The Morgan fingerprint density at radius 2 is 2.03 bits per heavy atom. The van der Waals surface area contributed by atoms with E-state index in [1.54, 1.807) is 6.07 Å². The Bertz CT molecular complexity index is 1150. The maximum absolute atomic E-state index is 15.1. The van der Waals surface area contributed by atoms with Crippen molar-refractivity contribution in [2.24, 2.45) is 5.92 Å². The lowest BCUT2D eigenvalue weighted by atomic mass is 9.89. The summed E-state index contributed by atoms with van der Waals surface area (Å²) in [6.45, 7) is 0. The molecule has 1 aromatic heterocycles. The Morgan fingerprint density at radius 3 is 2.67 bits per heavy atom. The van der Waals surface area contributed by atoms with Gasteiger partial charge in [-0.1, -0.05) is 30.5 Å². The summed E-state index contributed by atoms with van der Waals surface area (Å²) in [4.78, 5) is 37.8. The molecule has 1 spiro atoms. The zero-order valence-electron chi connectivity index (χ0n) is 16.1. The molecule has 8 heteroatoms. The van der Waals surface area contributed by atoms with Crippen LogP contribution in [0.5, 0.6) is 0 Å². The molecule has 0 saturated heterocycles. The molecule has 1 amide bonds. The first-order chi connectivity index (χ1) is 14.3. The topological polar surface area (TPSA) is 88.4 Å². The number of aliphatic carboxylic acids is 1. The van der Waals surface area contributed by atoms with Gasteiger partial charge in [0.2, 0.25) is 0 Å². The second-order valence-electron chi connectivity index (χ2n) is 8.69. The van der Waals surface area contributed by atoms with Crippen molar-refractivity contribution in [3.63, 3.8) is 0 Å². The predicted molar refractivity (Wildman–Crippen MR) is 108 cm³/mol. The van der Waals surface area contributed by atoms with E-state index in [2.05, 4.69) is 5.32 Å². The number of nitrogens with one attached hydrogen (secondary N) is 1. The summed E-state index contributed by atoms with van der Waals surface area (Å²) in [5.41, 5.74) is 0.0318. The molecule has 2 aromatic rings. The van der Waals surface area contributed by atoms with Crippen molar-refractivity contribution >= 4 is 23.5 Å². The summed E-state index contributed by atoms with van der Waals surface area (Å²) in [6, 6.07) is 3.31. The van der Waals surface area contributed by atoms with E-state index in [-0.39, 0.29) is 27.6 Å². The third-order valence-corrected chi connectivity index (χ3v) is 6.70. The van der Waals surface area contributed by atoms with Crippen LogP contribution >= 0.6 is 11.6 Å². The minimum atomic E-state index is -1.12. The maximum atomic E-state index is 15.1. The zero-order chi connectivity index (χ0) is 21.2. The first-order valence-electron chi connectivity index (χ1n) is 10.1. The lowest BCUT2D eigenvalue weighted by molar-refractivity contribution is -0.141. The number of aromatic nitrogens is 1. The first kappa shape index (κ1) is 19.3. The van der Waals surface area contributed by atoms with E-state index in [0.29, 0.717) is 18.4 Å². The normalized spacial score (nSPS) is 19.9. The lowest BCUT2D eigenvalue weighted by Crippen LogP contribution is -2.41. The minimum absolute atomic E-state index is 0.0880. The van der Waals surface area contributed by atoms with Gasteiger partial charge in [-0.3, -0.25) is 9.59 Å². The van der Waals surface area contributed by atoms with E-state index in [9.17, 15) is 19.5 Å². The van der Waals surface area contributed by atoms with E-state index < -0.39 is 34.8 Å². The summed E-state index contributed by atoms with van der Waals surface area (Å²) < 4.78 is 16.2. The van der Waals surface area contributed by atoms with E-state index >= 15 is 4.39 Å². The van der Waals surface area contributed by atoms with Crippen LogP contribution in [0.2, 0.25) is 5.02 Å². The smallest absolute Gasteiger partial charge is 0.326 e. The van der Waals surface area contributed by atoms with Crippen molar-refractivity contribution in [2.45, 2.75) is 50.1 Å². The van der Waals surface area contributed by atoms with Crippen molar-refractivity contribution in [3.05, 3.63) is 56.7 Å². The Balaban J connectivity index is 1.73. The van der Waals surface area contributed by atoms with Crippen molar-refractivity contribution in [1.29, 1.82) is 0 Å². The number of carbonyl (C=O) groups is 2. The van der Waals surface area contributed by atoms with Gasteiger partial charge in [-0.15, -0.1) is 0 Å². The fourth-order valence-corrected chi connectivity index (χ4v) is 4.54. The number of carboxylic acid groups (broad SMARTS) is 1. The van der Waals surface area contributed by atoms with Gasteiger partial charge in [0.25, 0.3) is 11.5 Å². The number of halogens is 2. The van der Waals surface area contributed by atoms with Crippen LogP contribution < -0.4 is 10.9 Å². The molecule has 1 aliphatic heterocycles. The van der Waals surface area contributed by atoms with E-state index in [0.717, 1.165) is 30.3 Å². The van der Waals surface area contributed by atoms with Gasteiger partial charge in [0, 0.05) is 28.9 Å². The van der Waals surface area contributed by atoms with Crippen LogP contribution in [0, 0.1) is 11.7 Å². The van der Waals surface area contributed by atoms with Crippen LogP contribution in [0.4, 0.5) is 4.39 Å². The number of nitrogens with zero attached hydrogens (tertiary/aromatic N) is 1. The van der Waals surface area contributed by atoms with Crippen molar-refractivity contribution in [2.75, 3.05) is 0 Å². The highest BCUT2D eigenvalue weighted by atomic mass is 35.5. The summed E-state index contributed by atoms with van der Waals surface area (Å²) >= 11 is 6.02. The number of benzene rings is 1. The summed E-state index contributed by atoms with van der Waals surface area (Å²) in [5, 5.41) is 12.6. The van der Waals surface area contributed by atoms with Gasteiger partial charge < -0.3 is 15.0 Å². The molecule has 5 rings (SSSR count). The first-order valence-corrected chi connectivity index (χ1v) is 10.4. The largest absolute Gasteiger partial charge is 0.480 e. The zero-order valence-corrected chi connectivity index (χ0v) is 16.8. The molecule has 2 heterocycles. The second kappa shape index (κ2) is 6.67. The SMILES string of the molecule is O=C1NC2(CC2)Cc2ccc(Cl)c(F)c2-c2cc(=O)n(C(CC3CC3)C(=O)O)cc21. The molecule has 3 aliphatic rings. The van der Waals surface area contributed by atoms with Gasteiger partial charge in [-0.05, 0) is 43.2 Å². The van der Waals surface area contributed by atoms with Gasteiger partial charge in [-0.2, -0.15) is 0 Å². The molecule has 156 valence electrons. The molecule has 1 unspecified atom stereocenters. The molecule has 2 fully saturated rings. The minimum Gasteiger partial charge on any atom is -0.480 e. The molecule has 0 radical (unpaired) electrons. The number of carboxylic acids is 1. The lowest BCUT2D eigenvalue weighted by Gasteiger charge is -2.26. The van der Waals surface area contributed by atoms with Gasteiger partial charge in [0.05, 0.1) is 10.6 Å². The second-order valence-corrected chi connectivity index (χ2v) is 9.09. The third-order valence-electron chi connectivity index (χ3n) is 6.41. The maximum Gasteiger partial charge on any atom is 0.326 e. The fourth-order valence-electron chi connectivity index (χ4n) is 4.38. The van der Waals surface area contributed by atoms with Crippen LogP contribution in [0.15, 0.2) is 29.2 Å². The van der Waals surface area contributed by atoms with Crippen molar-refractivity contribution in [1.82, 2.24) is 9.88 Å². The quantitative estimate of drug-likeness (QED) is 0.776. The number of pyridine rings is 1. The third kappa shape index (κ3) is 3.21. The molecule has 1 aromatic carbocycles. The average molecular weight is 431 g/mol. The number of carbonyl (C=O) groups excluding carboxylic acids is 1. The number of fused-ring (bicyclic) bond motifs is 3. The van der Waals surface area contributed by atoms with Crippen LogP contribution in [0.3, 0.4) is 0 Å². The Kier molecular flexibility index (Phi) is 4.29. The van der Waals surface area contributed by atoms with E-state index in [4.69, 9.17) is 11.6 Å².